The van der Waals surface area contributed by atoms with E-state index >= 15 is 0 Å². The molecule has 2 rings (SSSR count). The Hall–Kier alpha value is -2.63. The third kappa shape index (κ3) is 3.23. The molecule has 0 aliphatic carbocycles. The van der Waals surface area contributed by atoms with E-state index in [9.17, 15) is 9.59 Å². The van der Waals surface area contributed by atoms with Gasteiger partial charge in [-0.3, -0.25) is 9.59 Å². The molecule has 0 radical (unpaired) electrons. The first kappa shape index (κ1) is 13.8. The number of carbonyl (C=O) groups excluding carboxylic acids is 1. The number of rotatable bonds is 4. The lowest BCUT2D eigenvalue weighted by Gasteiger charge is -2.08. The van der Waals surface area contributed by atoms with Gasteiger partial charge in [0, 0.05) is 11.9 Å². The molecule has 20 heavy (non-hydrogen) atoms. The second-order valence-electron chi connectivity index (χ2n) is 4.60. The molecule has 0 aliphatic heterocycles. The normalized spacial score (nSPS) is 10.3. The molecule has 1 aromatic heterocycles. The number of nitrogens with one attached hydrogen (secondary N) is 1. The fraction of sp³-hybridized carbons (Fsp3) is 0.214. The first-order valence-corrected chi connectivity index (χ1v) is 6.09. The van der Waals surface area contributed by atoms with E-state index in [4.69, 9.17) is 5.11 Å². The van der Waals surface area contributed by atoms with Crippen molar-refractivity contribution in [1.82, 2.24) is 9.78 Å². The van der Waals surface area contributed by atoms with E-state index in [0.717, 1.165) is 15.8 Å². The van der Waals surface area contributed by atoms with Crippen molar-refractivity contribution >= 4 is 17.6 Å². The van der Waals surface area contributed by atoms with Gasteiger partial charge in [0.15, 0.2) is 0 Å². The number of aromatic nitrogens is 2. The van der Waals surface area contributed by atoms with Crippen molar-refractivity contribution in [2.24, 2.45) is 0 Å². The zero-order valence-corrected chi connectivity index (χ0v) is 11.3. The molecule has 0 atom stereocenters. The highest BCUT2D eigenvalue weighted by molar-refractivity contribution is 6.03. The monoisotopic (exact) mass is 273 g/mol. The van der Waals surface area contributed by atoms with Crippen molar-refractivity contribution in [3.8, 4) is 0 Å². The Bertz CT molecular complexity index is 641. The Balaban J connectivity index is 2.20. The topological polar surface area (TPSA) is 84.2 Å². The van der Waals surface area contributed by atoms with Gasteiger partial charge in [-0.15, -0.1) is 0 Å². The Morgan fingerprint density at radius 3 is 2.50 bits per heavy atom. The van der Waals surface area contributed by atoms with Gasteiger partial charge in [-0.25, -0.2) is 4.68 Å². The summed E-state index contributed by atoms with van der Waals surface area (Å²) in [5.74, 6) is -1.43. The molecule has 0 aliphatic rings. The lowest BCUT2D eigenvalue weighted by atomic mass is 10.1. The number of aryl methyl sites for hydroxylation is 2. The van der Waals surface area contributed by atoms with Crippen LogP contribution in [0.2, 0.25) is 0 Å². The molecule has 2 N–H and O–H groups in total. The van der Waals surface area contributed by atoms with Gasteiger partial charge in [-0.2, -0.15) is 5.10 Å². The highest BCUT2D eigenvalue weighted by atomic mass is 16.4. The van der Waals surface area contributed by atoms with E-state index in [1.165, 1.54) is 12.3 Å². The highest BCUT2D eigenvalue weighted by Gasteiger charge is 2.14. The Morgan fingerprint density at radius 1 is 1.25 bits per heavy atom. The van der Waals surface area contributed by atoms with E-state index in [0.29, 0.717) is 5.69 Å². The highest BCUT2D eigenvalue weighted by Crippen LogP contribution is 2.15. The number of anilines is 1. The molecule has 0 unspecified atom stereocenters. The maximum absolute atomic E-state index is 12.1. The summed E-state index contributed by atoms with van der Waals surface area (Å²) in [6.07, 6.45) is 1.40. The quantitative estimate of drug-likeness (QED) is 0.890. The van der Waals surface area contributed by atoms with Crippen LogP contribution in [0.25, 0.3) is 0 Å². The summed E-state index contributed by atoms with van der Waals surface area (Å²) in [4.78, 5) is 22.8. The van der Waals surface area contributed by atoms with Crippen LogP contribution in [-0.2, 0) is 11.3 Å². The zero-order valence-electron chi connectivity index (χ0n) is 11.3. The fourth-order valence-corrected chi connectivity index (χ4v) is 2.02. The lowest BCUT2D eigenvalue weighted by molar-refractivity contribution is -0.137. The molecule has 6 nitrogen and oxygen atoms in total. The number of aliphatic carboxylic acids is 1. The molecule has 0 bridgehead atoms. The number of hydrogen-bond donors (Lipinski definition) is 2. The Labute approximate surface area is 116 Å². The Kier molecular flexibility index (Phi) is 3.84. The predicted octanol–water partition coefficient (Wildman–Crippen LogP) is 1.84. The van der Waals surface area contributed by atoms with E-state index in [1.54, 1.807) is 0 Å². The lowest BCUT2D eigenvalue weighted by Crippen LogP contribution is -2.20. The van der Waals surface area contributed by atoms with Gasteiger partial charge in [0.1, 0.15) is 12.2 Å². The SMILES string of the molecule is Cc1cc(C)cc(NC(=O)c2ccnn2CC(=O)O)c1. The van der Waals surface area contributed by atoms with Gasteiger partial charge in [-0.1, -0.05) is 6.07 Å². The summed E-state index contributed by atoms with van der Waals surface area (Å²) in [7, 11) is 0. The van der Waals surface area contributed by atoms with Gasteiger partial charge in [-0.05, 0) is 43.2 Å². The third-order valence-electron chi connectivity index (χ3n) is 2.71. The molecular weight excluding hydrogens is 258 g/mol. The number of benzene rings is 1. The van der Waals surface area contributed by atoms with Crippen LogP contribution >= 0.6 is 0 Å². The number of amides is 1. The van der Waals surface area contributed by atoms with Crippen LogP contribution in [-0.4, -0.2) is 26.8 Å². The summed E-state index contributed by atoms with van der Waals surface area (Å²) in [6.45, 7) is 3.54. The van der Waals surface area contributed by atoms with Gasteiger partial charge in [0.05, 0.1) is 0 Å². The van der Waals surface area contributed by atoms with Crippen LogP contribution in [0.4, 0.5) is 5.69 Å². The Morgan fingerprint density at radius 2 is 1.90 bits per heavy atom. The van der Waals surface area contributed by atoms with Crippen molar-refractivity contribution in [3.05, 3.63) is 47.3 Å². The van der Waals surface area contributed by atoms with Gasteiger partial charge in [0.25, 0.3) is 5.91 Å². The number of nitrogens with zero attached hydrogens (tertiary/aromatic N) is 2. The molecular formula is C14H15N3O3. The number of carboxylic acid groups (broad SMARTS) is 1. The van der Waals surface area contributed by atoms with Gasteiger partial charge < -0.3 is 10.4 Å². The first-order chi connectivity index (χ1) is 9.45. The van der Waals surface area contributed by atoms with Crippen molar-refractivity contribution in [1.29, 1.82) is 0 Å². The van der Waals surface area contributed by atoms with Crippen molar-refractivity contribution < 1.29 is 14.7 Å². The number of carbonyl (C=O) groups is 2. The van der Waals surface area contributed by atoms with Crippen LogP contribution in [0, 0.1) is 13.8 Å². The van der Waals surface area contributed by atoms with Crippen LogP contribution in [0.15, 0.2) is 30.5 Å². The molecule has 0 saturated heterocycles. The average Bonchev–Trinajstić information content (AvgIpc) is 2.74. The van der Waals surface area contributed by atoms with Gasteiger partial charge in [0.2, 0.25) is 0 Å². The first-order valence-electron chi connectivity index (χ1n) is 6.09. The molecule has 0 saturated carbocycles. The van der Waals surface area contributed by atoms with Crippen molar-refractivity contribution in [3.63, 3.8) is 0 Å². The minimum Gasteiger partial charge on any atom is -0.480 e. The molecule has 0 fully saturated rings. The van der Waals surface area contributed by atoms with Crippen LogP contribution in [0.5, 0.6) is 0 Å². The summed E-state index contributed by atoms with van der Waals surface area (Å²) in [5, 5.41) is 15.3. The maximum Gasteiger partial charge on any atom is 0.325 e. The van der Waals surface area contributed by atoms with E-state index < -0.39 is 5.97 Å². The molecule has 2 aromatic rings. The molecule has 0 spiro atoms. The smallest absolute Gasteiger partial charge is 0.325 e. The summed E-state index contributed by atoms with van der Waals surface area (Å²) in [6, 6.07) is 7.19. The van der Waals surface area contributed by atoms with Crippen LogP contribution < -0.4 is 5.32 Å². The fourth-order valence-electron chi connectivity index (χ4n) is 2.02. The van der Waals surface area contributed by atoms with Crippen molar-refractivity contribution in [2.45, 2.75) is 20.4 Å². The van der Waals surface area contributed by atoms with Crippen LogP contribution in [0.3, 0.4) is 0 Å². The second-order valence-corrected chi connectivity index (χ2v) is 4.60. The van der Waals surface area contributed by atoms with Crippen LogP contribution in [0.1, 0.15) is 21.6 Å². The summed E-state index contributed by atoms with van der Waals surface area (Å²) < 4.78 is 1.15. The minimum absolute atomic E-state index is 0.214. The summed E-state index contributed by atoms with van der Waals surface area (Å²) >= 11 is 0. The largest absolute Gasteiger partial charge is 0.480 e. The molecule has 6 heteroatoms. The third-order valence-corrected chi connectivity index (χ3v) is 2.71. The van der Waals surface area contributed by atoms with E-state index in [-0.39, 0.29) is 18.1 Å². The standard InChI is InChI=1S/C14H15N3O3/c1-9-5-10(2)7-11(6-9)16-14(20)12-3-4-15-17(12)8-13(18)19/h3-7H,8H2,1-2H3,(H,16,20)(H,18,19). The number of carboxylic acids is 1. The van der Waals surface area contributed by atoms with E-state index in [2.05, 4.69) is 10.4 Å². The number of hydrogen-bond acceptors (Lipinski definition) is 3. The van der Waals surface area contributed by atoms with Gasteiger partial charge >= 0.3 is 5.97 Å². The average molecular weight is 273 g/mol. The molecule has 1 heterocycles. The molecule has 1 aromatic carbocycles. The minimum atomic E-state index is -1.05. The molecule has 104 valence electrons. The van der Waals surface area contributed by atoms with E-state index in [1.807, 2.05) is 32.0 Å². The predicted molar refractivity (Wildman–Crippen MR) is 73.7 cm³/mol. The maximum atomic E-state index is 12.1. The zero-order chi connectivity index (χ0) is 14.7. The molecule has 1 amide bonds. The second kappa shape index (κ2) is 5.56. The van der Waals surface area contributed by atoms with Crippen molar-refractivity contribution in [2.75, 3.05) is 5.32 Å². The summed E-state index contributed by atoms with van der Waals surface area (Å²) in [5.41, 5.74) is 2.97.